The molecule has 0 saturated carbocycles. The zero-order valence-corrected chi connectivity index (χ0v) is 23.6. The Balaban J connectivity index is 1.73. The van der Waals surface area contributed by atoms with Gasteiger partial charge in [0.25, 0.3) is 5.56 Å². The first-order valence-corrected chi connectivity index (χ1v) is 13.5. The van der Waals surface area contributed by atoms with E-state index in [-0.39, 0.29) is 62.7 Å². The van der Waals surface area contributed by atoms with Crippen LogP contribution in [0, 0.1) is 0 Å². The molecule has 4 rings (SSSR count). The molecule has 0 spiro atoms. The molecule has 1 aliphatic carbocycles. The van der Waals surface area contributed by atoms with Gasteiger partial charge in [0.15, 0.2) is 17.9 Å². The van der Waals surface area contributed by atoms with Gasteiger partial charge in [0, 0.05) is 32.0 Å². The number of carbonyl (C=O) groups is 1. The maximum atomic E-state index is 13.5. The van der Waals surface area contributed by atoms with Crippen LogP contribution in [0.25, 0.3) is 22.6 Å². The first kappa shape index (κ1) is 31.0. The molecule has 1 aliphatic rings. The van der Waals surface area contributed by atoms with Gasteiger partial charge in [0.2, 0.25) is 0 Å². The van der Waals surface area contributed by atoms with E-state index < -0.39 is 35.7 Å². The van der Waals surface area contributed by atoms with Crippen LogP contribution in [0.1, 0.15) is 33.1 Å². The average molecular weight is 595 g/mol. The average Bonchev–Trinajstić information content (AvgIpc) is 3.57. The molecule has 15 heteroatoms. The van der Waals surface area contributed by atoms with Gasteiger partial charge in [-0.2, -0.15) is 18.3 Å². The fraction of sp³-hybridized carbons (Fsp3) is 0.519. The molecule has 0 aromatic carbocycles. The lowest BCUT2D eigenvalue weighted by Gasteiger charge is -2.16. The molecule has 0 amide bonds. The number of methoxy groups -OCH3 is 1. The fourth-order valence-electron chi connectivity index (χ4n) is 4.67. The lowest BCUT2D eigenvalue weighted by molar-refractivity contribution is -0.153. The smallest absolute Gasteiger partial charge is 0.412 e. The molecule has 42 heavy (non-hydrogen) atoms. The highest BCUT2D eigenvalue weighted by atomic mass is 19.4. The van der Waals surface area contributed by atoms with Crippen molar-refractivity contribution in [1.29, 1.82) is 0 Å². The maximum absolute atomic E-state index is 13.5. The number of esters is 1. The summed E-state index contributed by atoms with van der Waals surface area (Å²) in [6, 6.07) is 0. The molecule has 0 bridgehead atoms. The lowest BCUT2D eigenvalue weighted by Crippen LogP contribution is -2.40. The molecule has 12 nitrogen and oxygen atoms in total. The largest absolute Gasteiger partial charge is 0.442 e. The highest BCUT2D eigenvalue weighted by molar-refractivity contribution is 5.77. The van der Waals surface area contributed by atoms with Gasteiger partial charge >= 0.3 is 17.8 Å². The van der Waals surface area contributed by atoms with E-state index >= 15 is 0 Å². The molecule has 0 atom stereocenters. The fourth-order valence-corrected chi connectivity index (χ4v) is 4.67. The van der Waals surface area contributed by atoms with E-state index in [1.807, 2.05) is 6.92 Å². The van der Waals surface area contributed by atoms with Crippen molar-refractivity contribution in [2.45, 2.75) is 65.7 Å². The molecule has 3 aromatic rings. The van der Waals surface area contributed by atoms with E-state index in [2.05, 4.69) is 10.1 Å². The molecule has 228 valence electrons. The Hall–Kier alpha value is -3.98. The second-order valence-electron chi connectivity index (χ2n) is 9.62. The van der Waals surface area contributed by atoms with E-state index in [0.717, 1.165) is 10.6 Å². The molecule has 3 heterocycles. The molecule has 0 unspecified atom stereocenters. The number of allylic oxidation sites excluding steroid dienone is 4. The Bertz CT molecular complexity index is 1610. The number of rotatable bonds is 13. The van der Waals surface area contributed by atoms with Crippen molar-refractivity contribution in [3.05, 3.63) is 56.5 Å². The number of nitrogens with zero attached hydrogens (tertiary/aromatic N) is 6. The van der Waals surface area contributed by atoms with E-state index in [1.165, 1.54) is 27.1 Å². The highest BCUT2D eigenvalue weighted by Crippen LogP contribution is 2.33. The number of hydrogen-bond donors (Lipinski definition) is 0. The lowest BCUT2D eigenvalue weighted by atomic mass is 9.99. The number of alkyl halides is 3. The van der Waals surface area contributed by atoms with Crippen LogP contribution in [0.4, 0.5) is 13.2 Å². The molecular formula is C27H33F3N6O6. The molecule has 3 aromatic heterocycles. The summed E-state index contributed by atoms with van der Waals surface area (Å²) in [6.07, 6.45) is 2.21. The minimum Gasteiger partial charge on any atom is -0.442 e. The summed E-state index contributed by atoms with van der Waals surface area (Å²) in [5.41, 5.74) is -0.645. The standard InChI is InChI=1S/C27H33F3N6O6/c1-4-9-35-25(38)22-24(34(5-2)26(35)39)32-23(36(22)17-42-21(37)16-41-11-10-40-3)19-13-31-33(15-19)14-18-7-6-8-20(12-18)27(28,29)30/h7,12-13,15H,4-6,8-11,14,16-17H2,1-3H3. The SMILES string of the molecule is CCCn1c(=O)c2c(nc(-c3cnn(CC4=CCCC(C(F)(F)F)=C4)c3)n2COC(=O)COCCOC)n(CC)c1=O. The Morgan fingerprint density at radius 1 is 1.12 bits per heavy atom. The number of aryl methyl sites for hydroxylation is 1. The van der Waals surface area contributed by atoms with Gasteiger partial charge in [-0.25, -0.2) is 14.6 Å². The summed E-state index contributed by atoms with van der Waals surface area (Å²) in [5, 5.41) is 4.29. The van der Waals surface area contributed by atoms with Gasteiger partial charge in [0.1, 0.15) is 12.4 Å². The van der Waals surface area contributed by atoms with Crippen molar-refractivity contribution in [1.82, 2.24) is 28.5 Å². The van der Waals surface area contributed by atoms with Crippen LogP contribution in [0.15, 0.2) is 45.3 Å². The van der Waals surface area contributed by atoms with Crippen molar-refractivity contribution in [3.8, 4) is 11.4 Å². The van der Waals surface area contributed by atoms with Gasteiger partial charge in [0.05, 0.1) is 31.5 Å². The van der Waals surface area contributed by atoms with Crippen LogP contribution < -0.4 is 11.2 Å². The van der Waals surface area contributed by atoms with Crippen LogP contribution in [0.5, 0.6) is 0 Å². The Morgan fingerprint density at radius 2 is 1.90 bits per heavy atom. The predicted octanol–water partition coefficient (Wildman–Crippen LogP) is 3.03. The van der Waals surface area contributed by atoms with E-state index in [9.17, 15) is 27.6 Å². The molecule has 0 saturated heterocycles. The Labute approximate surface area is 238 Å². The van der Waals surface area contributed by atoms with Crippen molar-refractivity contribution in [3.63, 3.8) is 0 Å². The van der Waals surface area contributed by atoms with Gasteiger partial charge in [-0.15, -0.1) is 0 Å². The summed E-state index contributed by atoms with van der Waals surface area (Å²) < 4.78 is 60.5. The predicted molar refractivity (Wildman–Crippen MR) is 146 cm³/mol. The molecule has 0 fully saturated rings. The van der Waals surface area contributed by atoms with Crippen LogP contribution >= 0.6 is 0 Å². The Kier molecular flexibility index (Phi) is 9.83. The Morgan fingerprint density at radius 3 is 2.60 bits per heavy atom. The molecule has 0 aliphatic heterocycles. The minimum atomic E-state index is -4.40. The monoisotopic (exact) mass is 594 g/mol. The third-order valence-electron chi connectivity index (χ3n) is 6.66. The van der Waals surface area contributed by atoms with Gasteiger partial charge in [-0.3, -0.25) is 23.2 Å². The normalized spacial score (nSPS) is 13.9. The third kappa shape index (κ3) is 6.73. The first-order chi connectivity index (χ1) is 20.1. The number of fused-ring (bicyclic) bond motifs is 1. The number of carbonyl (C=O) groups excluding carboxylic acids is 1. The van der Waals surface area contributed by atoms with Crippen LogP contribution in [-0.4, -0.2) is 67.5 Å². The summed E-state index contributed by atoms with van der Waals surface area (Å²) >= 11 is 0. The number of hydrogen-bond acceptors (Lipinski definition) is 8. The van der Waals surface area contributed by atoms with Crippen LogP contribution in [-0.2, 0) is 45.4 Å². The second kappa shape index (κ2) is 13.3. The van der Waals surface area contributed by atoms with Gasteiger partial charge < -0.3 is 14.2 Å². The molecular weight excluding hydrogens is 561 g/mol. The van der Waals surface area contributed by atoms with E-state index in [1.54, 1.807) is 19.2 Å². The summed E-state index contributed by atoms with van der Waals surface area (Å²) in [4.78, 5) is 43.6. The van der Waals surface area contributed by atoms with Crippen molar-refractivity contribution in [2.75, 3.05) is 26.9 Å². The number of imidazole rings is 1. The summed E-state index contributed by atoms with van der Waals surface area (Å²) in [6.45, 7) is 3.80. The number of halogens is 3. The zero-order valence-electron chi connectivity index (χ0n) is 23.6. The third-order valence-corrected chi connectivity index (χ3v) is 6.66. The van der Waals surface area contributed by atoms with Crippen molar-refractivity contribution < 1.29 is 32.2 Å². The second-order valence-corrected chi connectivity index (χ2v) is 9.62. The first-order valence-electron chi connectivity index (χ1n) is 13.5. The highest BCUT2D eigenvalue weighted by Gasteiger charge is 2.34. The number of ether oxygens (including phenoxy) is 3. The van der Waals surface area contributed by atoms with Crippen molar-refractivity contribution >= 4 is 17.1 Å². The quantitative estimate of drug-likeness (QED) is 0.219. The van der Waals surface area contributed by atoms with Gasteiger partial charge in [-0.05, 0) is 37.8 Å². The van der Waals surface area contributed by atoms with Gasteiger partial charge in [-0.1, -0.05) is 13.0 Å². The maximum Gasteiger partial charge on any atom is 0.412 e. The topological polar surface area (TPSA) is 124 Å². The summed E-state index contributed by atoms with van der Waals surface area (Å²) in [7, 11) is 1.50. The molecule has 0 radical (unpaired) electrons. The van der Waals surface area contributed by atoms with E-state index in [0.29, 0.717) is 24.2 Å². The number of aromatic nitrogens is 6. The van der Waals surface area contributed by atoms with Crippen molar-refractivity contribution in [2.24, 2.45) is 0 Å². The van der Waals surface area contributed by atoms with Crippen LogP contribution in [0.3, 0.4) is 0 Å². The van der Waals surface area contributed by atoms with Crippen LogP contribution in [0.2, 0.25) is 0 Å². The molecule has 0 N–H and O–H groups in total. The summed E-state index contributed by atoms with van der Waals surface area (Å²) in [5.74, 6) is -0.495. The van der Waals surface area contributed by atoms with E-state index in [4.69, 9.17) is 14.2 Å². The zero-order chi connectivity index (χ0) is 30.4. The minimum absolute atomic E-state index is 0.0634.